The van der Waals surface area contributed by atoms with Gasteiger partial charge in [0.1, 0.15) is 19.0 Å². The summed E-state index contributed by atoms with van der Waals surface area (Å²) in [6.07, 6.45) is 0.391. The molecule has 1 heterocycles. The van der Waals surface area contributed by atoms with E-state index in [-0.39, 0.29) is 18.1 Å². The van der Waals surface area contributed by atoms with Crippen LogP contribution >= 0.6 is 38.5 Å². The molecule has 0 bridgehead atoms. The second kappa shape index (κ2) is 17.9. The molecule has 0 saturated heterocycles. The van der Waals surface area contributed by atoms with Crippen LogP contribution in [0.15, 0.2) is 75.4 Å². The second-order valence-corrected chi connectivity index (χ2v) is 12.5. The number of aliphatic hydroxyl groups is 1. The molecule has 0 saturated carbocycles. The summed E-state index contributed by atoms with van der Waals surface area (Å²) in [7, 11) is 1.27. The molecular formula is C34H36BrIN4O9. The van der Waals surface area contributed by atoms with Crippen molar-refractivity contribution in [3.05, 3.63) is 96.2 Å². The lowest BCUT2D eigenvalue weighted by atomic mass is 9.95. The lowest BCUT2D eigenvalue weighted by molar-refractivity contribution is -0.136. The molecule has 3 aromatic carbocycles. The van der Waals surface area contributed by atoms with Gasteiger partial charge in [0.25, 0.3) is 0 Å². The zero-order valence-corrected chi connectivity index (χ0v) is 30.9. The van der Waals surface area contributed by atoms with Gasteiger partial charge in [-0.3, -0.25) is 5.43 Å². The summed E-state index contributed by atoms with van der Waals surface area (Å²) in [6, 6.07) is 14.5. The van der Waals surface area contributed by atoms with Crippen molar-refractivity contribution in [1.29, 1.82) is 0 Å². The van der Waals surface area contributed by atoms with Gasteiger partial charge in [0.15, 0.2) is 17.7 Å². The molecule has 2 atom stereocenters. The van der Waals surface area contributed by atoms with Crippen LogP contribution in [0.1, 0.15) is 53.9 Å². The van der Waals surface area contributed by atoms with Crippen LogP contribution in [-0.4, -0.2) is 62.4 Å². The zero-order valence-electron chi connectivity index (χ0n) is 27.2. The van der Waals surface area contributed by atoms with E-state index in [4.69, 9.17) is 23.7 Å². The number of methoxy groups -OCH3 is 1. The summed E-state index contributed by atoms with van der Waals surface area (Å²) in [4.78, 5) is 36.5. The number of rotatable bonds is 15. The summed E-state index contributed by atoms with van der Waals surface area (Å²) >= 11 is 5.73. The molecule has 0 aromatic heterocycles. The van der Waals surface area contributed by atoms with Gasteiger partial charge in [-0.15, -0.1) is 0 Å². The smallest absolute Gasteiger partial charge is 0.338 e. The SMILES string of the molecule is CCOC(=O)c1ccc(COc2c(Br)cc(/C=N/N[C@@H](O)COc3ccc([C@H]4NC(=O)NC(C)=C4C(=O)OC)cc3OCC)cc2I)cc1. The molecule has 3 aromatic rings. The Hall–Kier alpha value is -4.35. The van der Waals surface area contributed by atoms with E-state index in [0.29, 0.717) is 58.4 Å². The Morgan fingerprint density at radius 1 is 1.04 bits per heavy atom. The van der Waals surface area contributed by atoms with E-state index in [0.717, 1.165) is 14.7 Å². The average Bonchev–Trinajstić information content (AvgIpc) is 3.07. The van der Waals surface area contributed by atoms with Gasteiger partial charge in [-0.05, 0) is 112 Å². The standard InChI is InChI=1S/C34H36BrIN4O9/c1-5-46-27-15-23(30-29(33(43)45-4)19(3)38-34(44)39-30)11-12-26(27)48-18-28(41)40-37-16-21-13-24(35)31(25(36)14-21)49-17-20-7-9-22(10-8-20)32(42)47-6-2/h7-16,28,30,40-41H,5-6,17-18H2,1-4H3,(H2,38,39,44)/b37-16+/t28-,30+/m0/s1. The number of carbonyl (C=O) groups is 3. The first kappa shape index (κ1) is 37.5. The number of urea groups is 1. The Kier molecular flexibility index (Phi) is 13.7. The summed E-state index contributed by atoms with van der Waals surface area (Å²) in [6.45, 7) is 5.97. The van der Waals surface area contributed by atoms with E-state index in [2.05, 4.69) is 59.7 Å². The van der Waals surface area contributed by atoms with Crippen molar-refractivity contribution in [3.63, 3.8) is 0 Å². The number of nitrogens with one attached hydrogen (secondary N) is 3. The third kappa shape index (κ3) is 10.1. The molecule has 260 valence electrons. The number of halogens is 2. The van der Waals surface area contributed by atoms with Crippen LogP contribution in [0, 0.1) is 3.57 Å². The molecule has 0 aliphatic carbocycles. The summed E-state index contributed by atoms with van der Waals surface area (Å²) in [5.41, 5.74) is 5.98. The van der Waals surface area contributed by atoms with Gasteiger partial charge >= 0.3 is 18.0 Å². The van der Waals surface area contributed by atoms with Crippen LogP contribution in [0.3, 0.4) is 0 Å². The minimum Gasteiger partial charge on any atom is -0.490 e. The molecule has 13 nitrogen and oxygen atoms in total. The highest BCUT2D eigenvalue weighted by molar-refractivity contribution is 14.1. The third-order valence-electron chi connectivity index (χ3n) is 6.98. The Morgan fingerprint density at radius 3 is 2.47 bits per heavy atom. The van der Waals surface area contributed by atoms with E-state index in [9.17, 15) is 19.5 Å². The molecule has 0 spiro atoms. The van der Waals surface area contributed by atoms with Crippen molar-refractivity contribution < 1.29 is 43.2 Å². The number of carbonyl (C=O) groups excluding carboxylic acids is 3. The number of ether oxygens (including phenoxy) is 5. The van der Waals surface area contributed by atoms with Gasteiger partial charge in [-0.25, -0.2) is 14.4 Å². The van der Waals surface area contributed by atoms with E-state index < -0.39 is 24.3 Å². The van der Waals surface area contributed by atoms with E-state index in [1.54, 1.807) is 50.4 Å². The zero-order chi connectivity index (χ0) is 35.5. The normalized spacial score (nSPS) is 14.8. The number of aliphatic hydroxyl groups excluding tert-OH is 1. The minimum atomic E-state index is -1.16. The van der Waals surface area contributed by atoms with Crippen molar-refractivity contribution in [2.75, 3.05) is 26.9 Å². The maximum Gasteiger partial charge on any atom is 0.338 e. The first-order valence-corrected chi connectivity index (χ1v) is 17.0. The molecule has 1 aliphatic rings. The predicted octanol–water partition coefficient (Wildman–Crippen LogP) is 5.33. The Balaban J connectivity index is 1.34. The van der Waals surface area contributed by atoms with Crippen LogP contribution in [0.25, 0.3) is 0 Å². The molecule has 2 amide bonds. The number of amides is 2. The van der Waals surface area contributed by atoms with Crippen molar-refractivity contribution in [2.24, 2.45) is 5.10 Å². The van der Waals surface area contributed by atoms with E-state index >= 15 is 0 Å². The van der Waals surface area contributed by atoms with E-state index in [1.807, 2.05) is 31.2 Å². The quantitative estimate of drug-likeness (QED) is 0.0517. The molecule has 0 fully saturated rings. The van der Waals surface area contributed by atoms with Crippen LogP contribution in [-0.2, 0) is 20.9 Å². The van der Waals surface area contributed by atoms with Crippen LogP contribution in [0.4, 0.5) is 4.79 Å². The fourth-order valence-corrected chi connectivity index (χ4v) is 6.49. The van der Waals surface area contributed by atoms with Gasteiger partial charge in [0, 0.05) is 5.70 Å². The number of hydrazone groups is 1. The highest BCUT2D eigenvalue weighted by atomic mass is 127. The highest BCUT2D eigenvalue weighted by Crippen LogP contribution is 2.35. The molecule has 4 rings (SSSR count). The predicted molar refractivity (Wildman–Crippen MR) is 193 cm³/mol. The van der Waals surface area contributed by atoms with Crippen LogP contribution < -0.4 is 30.3 Å². The minimum absolute atomic E-state index is 0.165. The van der Waals surface area contributed by atoms with E-state index in [1.165, 1.54) is 7.11 Å². The van der Waals surface area contributed by atoms with Crippen LogP contribution in [0.5, 0.6) is 17.2 Å². The summed E-state index contributed by atoms with van der Waals surface area (Å²) in [5, 5.41) is 20.0. The Morgan fingerprint density at radius 2 is 1.80 bits per heavy atom. The molecule has 0 radical (unpaired) electrons. The average molecular weight is 851 g/mol. The molecule has 0 unspecified atom stereocenters. The third-order valence-corrected chi connectivity index (χ3v) is 8.37. The lowest BCUT2D eigenvalue weighted by Crippen LogP contribution is -2.45. The first-order valence-electron chi connectivity index (χ1n) is 15.1. The van der Waals surface area contributed by atoms with Gasteiger partial charge in [-0.2, -0.15) is 5.10 Å². The second-order valence-electron chi connectivity index (χ2n) is 10.4. The first-order chi connectivity index (χ1) is 23.5. The lowest BCUT2D eigenvalue weighted by Gasteiger charge is -2.28. The molecule has 15 heteroatoms. The number of hydrogen-bond acceptors (Lipinski definition) is 11. The Labute approximate surface area is 305 Å². The maximum atomic E-state index is 12.5. The molecule has 49 heavy (non-hydrogen) atoms. The maximum absolute atomic E-state index is 12.5. The van der Waals surface area contributed by atoms with Crippen LogP contribution in [0.2, 0.25) is 0 Å². The number of nitrogens with zero attached hydrogens (tertiary/aromatic N) is 1. The molecule has 4 N–H and O–H groups in total. The van der Waals surface area contributed by atoms with Gasteiger partial charge in [0.2, 0.25) is 0 Å². The molecular weight excluding hydrogens is 815 g/mol. The van der Waals surface area contributed by atoms with Crippen molar-refractivity contribution >= 4 is 62.7 Å². The fourth-order valence-electron chi connectivity index (χ4n) is 4.72. The largest absolute Gasteiger partial charge is 0.490 e. The van der Waals surface area contributed by atoms with Gasteiger partial charge in [0.05, 0.1) is 51.8 Å². The summed E-state index contributed by atoms with van der Waals surface area (Å²) < 4.78 is 29.1. The van der Waals surface area contributed by atoms with Gasteiger partial charge < -0.3 is 39.4 Å². The summed E-state index contributed by atoms with van der Waals surface area (Å²) in [5.74, 6) is 0.419. The fraction of sp³-hybridized carbons (Fsp3) is 0.294. The number of hydrogen-bond donors (Lipinski definition) is 4. The van der Waals surface area contributed by atoms with Crippen molar-refractivity contribution in [1.82, 2.24) is 16.1 Å². The van der Waals surface area contributed by atoms with Crippen molar-refractivity contribution in [2.45, 2.75) is 39.6 Å². The topological polar surface area (TPSA) is 166 Å². The Bertz CT molecular complexity index is 1710. The number of esters is 2. The number of allylic oxidation sites excluding steroid dienone is 1. The molecule has 1 aliphatic heterocycles. The van der Waals surface area contributed by atoms with Crippen molar-refractivity contribution in [3.8, 4) is 17.2 Å². The monoisotopic (exact) mass is 850 g/mol. The van der Waals surface area contributed by atoms with Gasteiger partial charge in [-0.1, -0.05) is 18.2 Å². The number of benzene rings is 3. The highest BCUT2D eigenvalue weighted by Gasteiger charge is 2.32.